The Labute approximate surface area is 121 Å². The van der Waals surface area contributed by atoms with E-state index in [9.17, 15) is 0 Å². The van der Waals surface area contributed by atoms with Crippen LogP contribution in [0.15, 0.2) is 18.5 Å². The Morgan fingerprint density at radius 1 is 1.05 bits per heavy atom. The van der Waals surface area contributed by atoms with Crippen LogP contribution in [0.3, 0.4) is 0 Å². The summed E-state index contributed by atoms with van der Waals surface area (Å²) in [4.78, 5) is 13.5. The zero-order valence-corrected chi connectivity index (χ0v) is 12.2. The molecular formula is C15H25N5. The van der Waals surface area contributed by atoms with Crippen molar-refractivity contribution >= 4 is 5.95 Å². The molecule has 2 fully saturated rings. The SMILES string of the molecule is NCC1(CN2CCN(c3ncccn3)CC2)CCCC1. The van der Waals surface area contributed by atoms with Crippen LogP contribution in [0.1, 0.15) is 25.7 Å². The lowest BCUT2D eigenvalue weighted by Gasteiger charge is -2.39. The normalized spacial score (nSPS) is 23.1. The van der Waals surface area contributed by atoms with Crippen molar-refractivity contribution in [3.05, 3.63) is 18.5 Å². The Balaban J connectivity index is 1.54. The van der Waals surface area contributed by atoms with Crippen molar-refractivity contribution in [3.8, 4) is 0 Å². The summed E-state index contributed by atoms with van der Waals surface area (Å²) in [6.07, 6.45) is 8.97. The molecule has 0 unspecified atom stereocenters. The van der Waals surface area contributed by atoms with Crippen molar-refractivity contribution in [2.45, 2.75) is 25.7 Å². The van der Waals surface area contributed by atoms with Gasteiger partial charge in [0.1, 0.15) is 0 Å². The minimum Gasteiger partial charge on any atom is -0.338 e. The van der Waals surface area contributed by atoms with Gasteiger partial charge in [-0.25, -0.2) is 9.97 Å². The molecule has 1 aromatic heterocycles. The molecule has 1 saturated carbocycles. The average Bonchev–Trinajstić information content (AvgIpc) is 2.98. The van der Waals surface area contributed by atoms with Crippen LogP contribution in [-0.2, 0) is 0 Å². The molecular weight excluding hydrogens is 250 g/mol. The van der Waals surface area contributed by atoms with E-state index in [0.717, 1.165) is 38.7 Å². The summed E-state index contributed by atoms with van der Waals surface area (Å²) in [5, 5.41) is 0. The van der Waals surface area contributed by atoms with Gasteiger partial charge in [-0.3, -0.25) is 4.90 Å². The van der Waals surface area contributed by atoms with Gasteiger partial charge in [0, 0.05) is 45.1 Å². The second kappa shape index (κ2) is 6.06. The molecule has 1 saturated heterocycles. The third-order valence-corrected chi connectivity index (χ3v) is 4.86. The summed E-state index contributed by atoms with van der Waals surface area (Å²) in [5.74, 6) is 0.863. The molecule has 2 aliphatic rings. The number of hydrogen-bond acceptors (Lipinski definition) is 5. The highest BCUT2D eigenvalue weighted by atomic mass is 15.3. The quantitative estimate of drug-likeness (QED) is 0.892. The number of piperazine rings is 1. The van der Waals surface area contributed by atoms with E-state index in [1.54, 1.807) is 0 Å². The average molecular weight is 275 g/mol. The highest BCUT2D eigenvalue weighted by molar-refractivity contribution is 5.29. The second-order valence-corrected chi connectivity index (χ2v) is 6.22. The largest absolute Gasteiger partial charge is 0.338 e. The smallest absolute Gasteiger partial charge is 0.225 e. The predicted octanol–water partition coefficient (Wildman–Crippen LogP) is 1.12. The van der Waals surface area contributed by atoms with E-state index in [2.05, 4.69) is 19.8 Å². The van der Waals surface area contributed by atoms with Gasteiger partial charge in [0.25, 0.3) is 0 Å². The first-order valence-electron chi connectivity index (χ1n) is 7.76. The van der Waals surface area contributed by atoms with Gasteiger partial charge in [-0.05, 0) is 30.9 Å². The number of anilines is 1. The number of rotatable bonds is 4. The van der Waals surface area contributed by atoms with E-state index in [1.165, 1.54) is 32.2 Å². The predicted molar refractivity (Wildman–Crippen MR) is 80.6 cm³/mol. The molecule has 110 valence electrons. The minimum atomic E-state index is 0.394. The molecule has 2 N–H and O–H groups in total. The van der Waals surface area contributed by atoms with Crippen molar-refractivity contribution in [2.24, 2.45) is 11.1 Å². The van der Waals surface area contributed by atoms with Crippen LogP contribution in [-0.4, -0.2) is 54.1 Å². The van der Waals surface area contributed by atoms with Gasteiger partial charge in [0.15, 0.2) is 0 Å². The van der Waals surface area contributed by atoms with Gasteiger partial charge in [-0.15, -0.1) is 0 Å². The fourth-order valence-corrected chi connectivity index (χ4v) is 3.59. The second-order valence-electron chi connectivity index (χ2n) is 6.22. The Hall–Kier alpha value is -1.20. The van der Waals surface area contributed by atoms with Gasteiger partial charge >= 0.3 is 0 Å². The maximum absolute atomic E-state index is 6.05. The fourth-order valence-electron chi connectivity index (χ4n) is 3.59. The lowest BCUT2D eigenvalue weighted by atomic mass is 9.85. The van der Waals surface area contributed by atoms with Gasteiger partial charge in [0.2, 0.25) is 5.95 Å². The number of nitrogens with two attached hydrogens (primary N) is 1. The molecule has 5 nitrogen and oxygen atoms in total. The third-order valence-electron chi connectivity index (χ3n) is 4.86. The third kappa shape index (κ3) is 2.94. The molecule has 5 heteroatoms. The van der Waals surface area contributed by atoms with Gasteiger partial charge in [-0.2, -0.15) is 0 Å². The maximum atomic E-state index is 6.05. The number of aromatic nitrogens is 2. The highest BCUT2D eigenvalue weighted by Crippen LogP contribution is 2.38. The molecule has 0 radical (unpaired) electrons. The van der Waals surface area contributed by atoms with Crippen molar-refractivity contribution < 1.29 is 0 Å². The molecule has 20 heavy (non-hydrogen) atoms. The Morgan fingerprint density at radius 2 is 1.70 bits per heavy atom. The Bertz CT molecular complexity index is 408. The van der Waals surface area contributed by atoms with Crippen molar-refractivity contribution in [3.63, 3.8) is 0 Å². The standard InChI is InChI=1S/C15H25N5/c16-12-15(4-1-2-5-15)13-19-8-10-20(11-9-19)14-17-6-3-7-18-14/h3,6-7H,1-2,4-5,8-13,16H2. The summed E-state index contributed by atoms with van der Waals surface area (Å²) in [7, 11) is 0. The molecule has 2 heterocycles. The van der Waals surface area contributed by atoms with Crippen molar-refractivity contribution in [1.82, 2.24) is 14.9 Å². The van der Waals surface area contributed by atoms with Gasteiger partial charge in [-0.1, -0.05) is 12.8 Å². The van der Waals surface area contributed by atoms with Crippen LogP contribution in [0, 0.1) is 5.41 Å². The summed E-state index contributed by atoms with van der Waals surface area (Å²) < 4.78 is 0. The lowest BCUT2D eigenvalue weighted by molar-refractivity contribution is 0.150. The van der Waals surface area contributed by atoms with E-state index in [4.69, 9.17) is 5.73 Å². The van der Waals surface area contributed by atoms with Crippen LogP contribution < -0.4 is 10.6 Å². The molecule has 1 aliphatic heterocycles. The summed E-state index contributed by atoms with van der Waals surface area (Å²) in [5.41, 5.74) is 6.44. The van der Waals surface area contributed by atoms with Crippen LogP contribution in [0.4, 0.5) is 5.95 Å². The zero-order chi connectivity index (χ0) is 13.8. The summed E-state index contributed by atoms with van der Waals surface area (Å²) in [6.45, 7) is 6.25. The molecule has 1 aliphatic carbocycles. The summed E-state index contributed by atoms with van der Waals surface area (Å²) in [6, 6.07) is 1.87. The Morgan fingerprint density at radius 3 is 2.30 bits per heavy atom. The van der Waals surface area contributed by atoms with Gasteiger partial charge in [0.05, 0.1) is 0 Å². The molecule has 0 spiro atoms. The first kappa shape index (κ1) is 13.8. The highest BCUT2D eigenvalue weighted by Gasteiger charge is 2.35. The van der Waals surface area contributed by atoms with E-state index in [-0.39, 0.29) is 0 Å². The first-order valence-corrected chi connectivity index (χ1v) is 7.76. The molecule has 0 amide bonds. The fraction of sp³-hybridized carbons (Fsp3) is 0.733. The number of nitrogens with zero attached hydrogens (tertiary/aromatic N) is 4. The lowest BCUT2D eigenvalue weighted by Crippen LogP contribution is -2.51. The first-order chi connectivity index (χ1) is 9.81. The molecule has 0 bridgehead atoms. The monoisotopic (exact) mass is 275 g/mol. The van der Waals surface area contributed by atoms with E-state index in [0.29, 0.717) is 5.41 Å². The Kier molecular flexibility index (Phi) is 4.17. The van der Waals surface area contributed by atoms with Crippen LogP contribution in [0.2, 0.25) is 0 Å². The van der Waals surface area contributed by atoms with Crippen LogP contribution >= 0.6 is 0 Å². The number of hydrogen-bond donors (Lipinski definition) is 1. The molecule has 0 atom stereocenters. The maximum Gasteiger partial charge on any atom is 0.225 e. The molecule has 0 aromatic carbocycles. The van der Waals surface area contributed by atoms with Crippen LogP contribution in [0.5, 0.6) is 0 Å². The van der Waals surface area contributed by atoms with E-state index < -0.39 is 0 Å². The van der Waals surface area contributed by atoms with Crippen molar-refractivity contribution in [2.75, 3.05) is 44.2 Å². The van der Waals surface area contributed by atoms with E-state index in [1.807, 2.05) is 18.5 Å². The minimum absolute atomic E-state index is 0.394. The van der Waals surface area contributed by atoms with Gasteiger partial charge < -0.3 is 10.6 Å². The summed E-state index contributed by atoms with van der Waals surface area (Å²) >= 11 is 0. The molecule has 1 aromatic rings. The van der Waals surface area contributed by atoms with Crippen molar-refractivity contribution in [1.29, 1.82) is 0 Å². The molecule has 3 rings (SSSR count). The van der Waals surface area contributed by atoms with Crippen LogP contribution in [0.25, 0.3) is 0 Å². The van der Waals surface area contributed by atoms with E-state index >= 15 is 0 Å². The zero-order valence-electron chi connectivity index (χ0n) is 12.2. The topological polar surface area (TPSA) is 58.3 Å².